The number of methoxy groups -OCH3 is 1. The molecule has 0 saturated heterocycles. The van der Waals surface area contributed by atoms with E-state index in [-0.39, 0.29) is 11.5 Å². The van der Waals surface area contributed by atoms with Crippen LogP contribution in [0.4, 0.5) is 0 Å². The standard InChI is InChI=1S/C22H24N2O3/c1-15-3-7-17-14-18(22(26)24-20(17)13-15)11-12-23-21(25)10-6-16-4-8-19(27-2)9-5-16/h3-5,7-9,13-14H,6,10-12H2,1-2H3,(H,23,25)(H,24,26). The van der Waals surface area contributed by atoms with E-state index < -0.39 is 0 Å². The molecule has 2 aromatic carbocycles. The molecule has 3 aromatic rings. The van der Waals surface area contributed by atoms with Crippen LogP contribution in [0.2, 0.25) is 0 Å². The summed E-state index contributed by atoms with van der Waals surface area (Å²) in [5, 5.41) is 3.89. The summed E-state index contributed by atoms with van der Waals surface area (Å²) in [6, 6.07) is 15.6. The molecule has 3 rings (SSSR count). The maximum atomic E-state index is 12.2. The normalized spacial score (nSPS) is 10.7. The van der Waals surface area contributed by atoms with E-state index in [2.05, 4.69) is 10.3 Å². The molecule has 0 aliphatic carbocycles. The SMILES string of the molecule is COc1ccc(CCC(=O)NCCc2cc3ccc(C)cc3[nH]c2=O)cc1. The second-order valence-corrected chi connectivity index (χ2v) is 6.66. The minimum Gasteiger partial charge on any atom is -0.497 e. The van der Waals surface area contributed by atoms with Gasteiger partial charge in [0.05, 0.1) is 7.11 Å². The van der Waals surface area contributed by atoms with Gasteiger partial charge in [-0.05, 0) is 60.5 Å². The van der Waals surface area contributed by atoms with Crippen LogP contribution < -0.4 is 15.6 Å². The fourth-order valence-electron chi connectivity index (χ4n) is 3.02. The van der Waals surface area contributed by atoms with Crippen molar-refractivity contribution in [1.29, 1.82) is 0 Å². The molecular formula is C22H24N2O3. The predicted octanol–water partition coefficient (Wildman–Crippen LogP) is 3.14. The highest BCUT2D eigenvalue weighted by Crippen LogP contribution is 2.14. The lowest BCUT2D eigenvalue weighted by atomic mass is 10.1. The maximum absolute atomic E-state index is 12.2. The van der Waals surface area contributed by atoms with Crippen molar-refractivity contribution in [3.05, 3.63) is 75.6 Å². The van der Waals surface area contributed by atoms with E-state index in [1.165, 1.54) is 0 Å². The molecule has 5 nitrogen and oxygen atoms in total. The smallest absolute Gasteiger partial charge is 0.251 e. The summed E-state index contributed by atoms with van der Waals surface area (Å²) in [5.41, 5.74) is 3.62. The summed E-state index contributed by atoms with van der Waals surface area (Å²) in [7, 11) is 1.63. The number of nitrogens with one attached hydrogen (secondary N) is 2. The minimum absolute atomic E-state index is 0.0151. The van der Waals surface area contributed by atoms with E-state index >= 15 is 0 Å². The van der Waals surface area contributed by atoms with Crippen molar-refractivity contribution in [2.45, 2.75) is 26.2 Å². The summed E-state index contributed by atoms with van der Waals surface area (Å²) >= 11 is 0. The first-order valence-electron chi connectivity index (χ1n) is 9.07. The zero-order valence-corrected chi connectivity index (χ0v) is 15.7. The summed E-state index contributed by atoms with van der Waals surface area (Å²) < 4.78 is 5.12. The Bertz CT molecular complexity index is 991. The highest BCUT2D eigenvalue weighted by molar-refractivity contribution is 5.79. The van der Waals surface area contributed by atoms with Gasteiger partial charge in [0.2, 0.25) is 5.91 Å². The van der Waals surface area contributed by atoms with Crippen molar-refractivity contribution in [1.82, 2.24) is 10.3 Å². The zero-order valence-electron chi connectivity index (χ0n) is 15.7. The summed E-state index contributed by atoms with van der Waals surface area (Å²) in [5.74, 6) is 0.789. The van der Waals surface area contributed by atoms with Crippen LogP contribution >= 0.6 is 0 Å². The molecule has 0 radical (unpaired) electrons. The number of ether oxygens (including phenoxy) is 1. The second-order valence-electron chi connectivity index (χ2n) is 6.66. The molecule has 0 aliphatic heterocycles. The molecule has 0 spiro atoms. The van der Waals surface area contributed by atoms with Crippen molar-refractivity contribution >= 4 is 16.8 Å². The molecular weight excluding hydrogens is 340 g/mol. The molecule has 0 saturated carbocycles. The number of rotatable bonds is 7. The number of aromatic nitrogens is 1. The lowest BCUT2D eigenvalue weighted by molar-refractivity contribution is -0.121. The van der Waals surface area contributed by atoms with E-state index in [1.807, 2.05) is 55.5 Å². The van der Waals surface area contributed by atoms with Gasteiger partial charge in [0.1, 0.15) is 5.75 Å². The van der Waals surface area contributed by atoms with Crippen LogP contribution in [0.3, 0.4) is 0 Å². The van der Waals surface area contributed by atoms with E-state index in [0.29, 0.717) is 31.4 Å². The van der Waals surface area contributed by atoms with Crippen LogP contribution in [0, 0.1) is 6.92 Å². The number of hydrogen-bond acceptors (Lipinski definition) is 3. The number of pyridine rings is 1. The molecule has 27 heavy (non-hydrogen) atoms. The van der Waals surface area contributed by atoms with Gasteiger partial charge in [0, 0.05) is 24.0 Å². The van der Waals surface area contributed by atoms with Crippen LogP contribution in [0.15, 0.2) is 53.3 Å². The number of aryl methyl sites for hydroxylation is 2. The van der Waals surface area contributed by atoms with Crippen molar-refractivity contribution in [2.24, 2.45) is 0 Å². The summed E-state index contributed by atoms with van der Waals surface area (Å²) in [6.45, 7) is 2.44. The molecule has 0 fully saturated rings. The van der Waals surface area contributed by atoms with Gasteiger partial charge in [-0.25, -0.2) is 0 Å². The van der Waals surface area contributed by atoms with Gasteiger partial charge in [-0.15, -0.1) is 0 Å². The van der Waals surface area contributed by atoms with Crippen molar-refractivity contribution in [2.75, 3.05) is 13.7 Å². The Labute approximate surface area is 158 Å². The van der Waals surface area contributed by atoms with Gasteiger partial charge in [-0.1, -0.05) is 24.3 Å². The van der Waals surface area contributed by atoms with Crippen molar-refractivity contribution in [3.8, 4) is 5.75 Å². The lowest BCUT2D eigenvalue weighted by Gasteiger charge is -2.07. The fourth-order valence-corrected chi connectivity index (χ4v) is 3.02. The first-order chi connectivity index (χ1) is 13.0. The number of amides is 1. The molecule has 0 unspecified atom stereocenters. The molecule has 140 valence electrons. The van der Waals surface area contributed by atoms with E-state index in [4.69, 9.17) is 4.74 Å². The minimum atomic E-state index is -0.0967. The largest absolute Gasteiger partial charge is 0.497 e. The average Bonchev–Trinajstić information content (AvgIpc) is 2.67. The lowest BCUT2D eigenvalue weighted by Crippen LogP contribution is -2.27. The molecule has 0 atom stereocenters. The Kier molecular flexibility index (Phi) is 5.91. The molecule has 2 N–H and O–H groups in total. The Balaban J connectivity index is 1.50. The van der Waals surface area contributed by atoms with Crippen LogP contribution in [-0.4, -0.2) is 24.5 Å². The van der Waals surface area contributed by atoms with Crippen LogP contribution in [0.5, 0.6) is 5.75 Å². The van der Waals surface area contributed by atoms with Gasteiger partial charge in [-0.2, -0.15) is 0 Å². The van der Waals surface area contributed by atoms with Gasteiger partial charge in [0.15, 0.2) is 0 Å². The van der Waals surface area contributed by atoms with Gasteiger partial charge >= 0.3 is 0 Å². The topological polar surface area (TPSA) is 71.2 Å². The Morgan fingerprint density at radius 2 is 1.85 bits per heavy atom. The third-order valence-corrected chi connectivity index (χ3v) is 4.59. The third kappa shape index (κ3) is 4.97. The first-order valence-corrected chi connectivity index (χ1v) is 9.07. The van der Waals surface area contributed by atoms with Crippen LogP contribution in [-0.2, 0) is 17.6 Å². The Hall–Kier alpha value is -3.08. The maximum Gasteiger partial charge on any atom is 0.251 e. The number of carbonyl (C=O) groups excluding carboxylic acids is 1. The predicted molar refractivity (Wildman–Crippen MR) is 107 cm³/mol. The van der Waals surface area contributed by atoms with E-state index in [0.717, 1.165) is 27.8 Å². The molecule has 0 aliphatic rings. The highest BCUT2D eigenvalue weighted by atomic mass is 16.5. The molecule has 1 aromatic heterocycles. The van der Waals surface area contributed by atoms with Crippen molar-refractivity contribution in [3.63, 3.8) is 0 Å². The van der Waals surface area contributed by atoms with Gasteiger partial charge in [0.25, 0.3) is 5.56 Å². The van der Waals surface area contributed by atoms with E-state index in [9.17, 15) is 9.59 Å². The number of fused-ring (bicyclic) bond motifs is 1. The van der Waals surface area contributed by atoms with Crippen molar-refractivity contribution < 1.29 is 9.53 Å². The Morgan fingerprint density at radius 1 is 1.07 bits per heavy atom. The van der Waals surface area contributed by atoms with E-state index in [1.54, 1.807) is 7.11 Å². The number of carbonyl (C=O) groups is 1. The number of hydrogen-bond donors (Lipinski definition) is 2. The quantitative estimate of drug-likeness (QED) is 0.677. The molecule has 1 amide bonds. The van der Waals surface area contributed by atoms with Crippen LogP contribution in [0.25, 0.3) is 10.9 Å². The van der Waals surface area contributed by atoms with Crippen LogP contribution in [0.1, 0.15) is 23.1 Å². The highest BCUT2D eigenvalue weighted by Gasteiger charge is 2.06. The molecule has 5 heteroatoms. The summed E-state index contributed by atoms with van der Waals surface area (Å²) in [6.07, 6.45) is 1.60. The van der Waals surface area contributed by atoms with Gasteiger partial charge < -0.3 is 15.0 Å². The number of aromatic amines is 1. The first kappa shape index (κ1) is 18.7. The Morgan fingerprint density at radius 3 is 2.59 bits per heavy atom. The summed E-state index contributed by atoms with van der Waals surface area (Å²) in [4.78, 5) is 27.2. The molecule has 1 heterocycles. The molecule has 0 bridgehead atoms. The monoisotopic (exact) mass is 364 g/mol. The fraction of sp³-hybridized carbons (Fsp3) is 0.273. The number of H-pyrrole nitrogens is 1. The second kappa shape index (κ2) is 8.54. The average molecular weight is 364 g/mol. The van der Waals surface area contributed by atoms with Gasteiger partial charge in [-0.3, -0.25) is 9.59 Å². The third-order valence-electron chi connectivity index (χ3n) is 4.59. The zero-order chi connectivity index (χ0) is 19.2. The number of benzene rings is 2.